The van der Waals surface area contributed by atoms with Gasteiger partial charge in [-0.25, -0.2) is 4.79 Å². The fraction of sp³-hybridized carbons (Fsp3) is 0.238. The molecule has 0 heterocycles. The molecule has 26 heavy (non-hydrogen) atoms. The average molecular weight is 354 g/mol. The molecule has 0 aromatic heterocycles. The van der Waals surface area contributed by atoms with Gasteiger partial charge in [-0.05, 0) is 30.7 Å². The van der Waals surface area contributed by atoms with Gasteiger partial charge in [0.25, 0.3) is 0 Å². The summed E-state index contributed by atoms with van der Waals surface area (Å²) in [4.78, 5) is 23.3. The lowest BCUT2D eigenvalue weighted by Crippen LogP contribution is -2.08. The molecule has 0 aliphatic rings. The van der Waals surface area contributed by atoms with Crippen molar-refractivity contribution in [1.82, 2.24) is 0 Å². The van der Waals surface area contributed by atoms with E-state index in [1.54, 1.807) is 31.4 Å². The van der Waals surface area contributed by atoms with Gasteiger partial charge in [-0.15, -0.1) is 0 Å². The number of ketones is 1. The number of esters is 1. The van der Waals surface area contributed by atoms with Crippen molar-refractivity contribution in [3.63, 3.8) is 0 Å². The third-order valence-electron chi connectivity index (χ3n) is 3.57. The van der Waals surface area contributed by atoms with Crippen molar-refractivity contribution < 1.29 is 23.8 Å². The fourth-order valence-electron chi connectivity index (χ4n) is 2.23. The molecular weight excluding hydrogens is 332 g/mol. The van der Waals surface area contributed by atoms with Gasteiger partial charge in [-0.3, -0.25) is 4.79 Å². The Labute approximate surface area is 153 Å². The minimum absolute atomic E-state index is 0.0832. The Balaban J connectivity index is 1.76. The summed E-state index contributed by atoms with van der Waals surface area (Å²) < 4.78 is 15.9. The molecule has 0 N–H and O–H groups in total. The summed E-state index contributed by atoms with van der Waals surface area (Å²) >= 11 is 0. The number of rotatable bonds is 9. The summed E-state index contributed by atoms with van der Waals surface area (Å²) in [6.45, 7) is 2.04. The largest absolute Gasteiger partial charge is 0.497 e. The number of hydrogen-bond acceptors (Lipinski definition) is 5. The minimum Gasteiger partial charge on any atom is -0.497 e. The Morgan fingerprint density at radius 3 is 2.50 bits per heavy atom. The first-order valence-corrected chi connectivity index (χ1v) is 8.32. The van der Waals surface area contributed by atoms with Crippen LogP contribution < -0.4 is 9.47 Å². The van der Waals surface area contributed by atoms with Crippen LogP contribution in [0.25, 0.3) is 6.08 Å². The maximum atomic E-state index is 11.7. The van der Waals surface area contributed by atoms with Crippen LogP contribution >= 0.6 is 0 Å². The summed E-state index contributed by atoms with van der Waals surface area (Å²) in [5.41, 5.74) is 1.43. The van der Waals surface area contributed by atoms with Crippen LogP contribution in [0.1, 0.15) is 29.3 Å². The molecule has 0 aliphatic carbocycles. The highest BCUT2D eigenvalue weighted by Gasteiger charge is 2.10. The topological polar surface area (TPSA) is 61.8 Å². The van der Waals surface area contributed by atoms with E-state index in [-0.39, 0.29) is 12.4 Å². The zero-order valence-corrected chi connectivity index (χ0v) is 14.9. The van der Waals surface area contributed by atoms with Gasteiger partial charge in [0, 0.05) is 18.6 Å². The van der Waals surface area contributed by atoms with E-state index in [2.05, 4.69) is 0 Å². The third-order valence-corrected chi connectivity index (χ3v) is 3.57. The summed E-state index contributed by atoms with van der Waals surface area (Å²) in [6, 6.07) is 14.6. The van der Waals surface area contributed by atoms with Crippen LogP contribution in [-0.2, 0) is 9.53 Å². The molecular formula is C21H22O5. The number of methoxy groups -OCH3 is 1. The molecule has 0 bridgehead atoms. The minimum atomic E-state index is -0.403. The quantitative estimate of drug-likeness (QED) is 0.296. The van der Waals surface area contributed by atoms with Crippen molar-refractivity contribution in [3.8, 4) is 11.5 Å². The maximum absolute atomic E-state index is 11.7. The number of hydrogen-bond donors (Lipinski definition) is 0. The van der Waals surface area contributed by atoms with Gasteiger partial charge in [0.15, 0.2) is 5.78 Å². The van der Waals surface area contributed by atoms with Gasteiger partial charge in [-0.2, -0.15) is 0 Å². The first kappa shape index (κ1) is 19.2. The lowest BCUT2D eigenvalue weighted by atomic mass is 10.1. The second kappa shape index (κ2) is 10.0. The number of benzene rings is 2. The summed E-state index contributed by atoms with van der Waals surface area (Å²) in [5.74, 6) is 0.592. The first-order chi connectivity index (χ1) is 12.6. The van der Waals surface area contributed by atoms with Gasteiger partial charge >= 0.3 is 5.97 Å². The van der Waals surface area contributed by atoms with Crippen LogP contribution in [0.3, 0.4) is 0 Å². The molecule has 0 unspecified atom stereocenters. The highest BCUT2D eigenvalue weighted by atomic mass is 16.5. The molecule has 0 saturated carbocycles. The second-order valence-corrected chi connectivity index (χ2v) is 5.53. The monoisotopic (exact) mass is 354 g/mol. The SMILES string of the molecule is COc1ccc(C(C)=O)c(OCCCOC(=O)C=Cc2ccccc2)c1. The Bertz CT molecular complexity index is 765. The molecule has 0 fully saturated rings. The van der Waals surface area contributed by atoms with Crippen molar-refractivity contribution in [2.75, 3.05) is 20.3 Å². The first-order valence-electron chi connectivity index (χ1n) is 8.32. The van der Waals surface area contributed by atoms with Crippen molar-refractivity contribution >= 4 is 17.8 Å². The molecule has 0 radical (unpaired) electrons. The van der Waals surface area contributed by atoms with E-state index in [9.17, 15) is 9.59 Å². The summed E-state index contributed by atoms with van der Waals surface area (Å²) in [6.07, 6.45) is 3.61. The molecule has 2 rings (SSSR count). The number of Topliss-reactive ketones (excluding diaryl/α,β-unsaturated/α-hetero) is 1. The normalized spacial score (nSPS) is 10.5. The van der Waals surface area contributed by atoms with E-state index in [0.717, 1.165) is 5.56 Å². The Hall–Kier alpha value is -3.08. The zero-order chi connectivity index (χ0) is 18.8. The van der Waals surface area contributed by atoms with Crippen LogP contribution in [0, 0.1) is 0 Å². The molecule has 136 valence electrons. The van der Waals surface area contributed by atoms with Crippen LogP contribution in [-0.4, -0.2) is 32.1 Å². The maximum Gasteiger partial charge on any atom is 0.330 e. The molecule has 2 aromatic rings. The predicted octanol–water partition coefficient (Wildman–Crippen LogP) is 3.92. The lowest BCUT2D eigenvalue weighted by molar-refractivity contribution is -0.137. The van der Waals surface area contributed by atoms with Crippen LogP contribution in [0.4, 0.5) is 0 Å². The lowest BCUT2D eigenvalue weighted by Gasteiger charge is -2.11. The zero-order valence-electron chi connectivity index (χ0n) is 14.9. The third kappa shape index (κ3) is 6.09. The van der Waals surface area contributed by atoms with Gasteiger partial charge in [-0.1, -0.05) is 30.3 Å². The molecule has 0 atom stereocenters. The van der Waals surface area contributed by atoms with E-state index >= 15 is 0 Å². The number of ether oxygens (including phenoxy) is 3. The Morgan fingerprint density at radius 2 is 1.81 bits per heavy atom. The molecule has 5 nitrogen and oxygen atoms in total. The van der Waals surface area contributed by atoms with Gasteiger partial charge in [0.1, 0.15) is 11.5 Å². The fourth-order valence-corrected chi connectivity index (χ4v) is 2.23. The number of carbonyl (C=O) groups excluding carboxylic acids is 2. The molecule has 0 saturated heterocycles. The van der Waals surface area contributed by atoms with Crippen molar-refractivity contribution in [2.24, 2.45) is 0 Å². The molecule has 0 amide bonds. The van der Waals surface area contributed by atoms with E-state index in [1.807, 2.05) is 30.3 Å². The van der Waals surface area contributed by atoms with E-state index < -0.39 is 5.97 Å². The van der Waals surface area contributed by atoms with Crippen molar-refractivity contribution in [3.05, 3.63) is 65.7 Å². The van der Waals surface area contributed by atoms with Gasteiger partial charge in [0.05, 0.1) is 25.9 Å². The standard InChI is InChI=1S/C21H22O5/c1-16(22)19-11-10-18(24-2)15-20(19)25-13-6-14-26-21(23)12-9-17-7-4-3-5-8-17/h3-5,7-12,15H,6,13-14H2,1-2H3. The summed E-state index contributed by atoms with van der Waals surface area (Å²) in [5, 5.41) is 0. The highest BCUT2D eigenvalue weighted by Crippen LogP contribution is 2.25. The molecule has 5 heteroatoms. The molecule has 0 spiro atoms. The van der Waals surface area contributed by atoms with Crippen LogP contribution in [0.15, 0.2) is 54.6 Å². The predicted molar refractivity (Wildman–Crippen MR) is 99.5 cm³/mol. The molecule has 0 aliphatic heterocycles. The highest BCUT2D eigenvalue weighted by molar-refractivity contribution is 5.97. The molecule has 2 aromatic carbocycles. The van der Waals surface area contributed by atoms with E-state index in [0.29, 0.717) is 30.1 Å². The Morgan fingerprint density at radius 1 is 1.04 bits per heavy atom. The van der Waals surface area contributed by atoms with E-state index in [1.165, 1.54) is 13.0 Å². The summed E-state index contributed by atoms with van der Waals surface area (Å²) in [7, 11) is 1.55. The average Bonchev–Trinajstić information content (AvgIpc) is 2.66. The number of carbonyl (C=O) groups is 2. The van der Waals surface area contributed by atoms with Crippen molar-refractivity contribution in [2.45, 2.75) is 13.3 Å². The van der Waals surface area contributed by atoms with Crippen LogP contribution in [0.2, 0.25) is 0 Å². The van der Waals surface area contributed by atoms with Crippen molar-refractivity contribution in [1.29, 1.82) is 0 Å². The smallest absolute Gasteiger partial charge is 0.330 e. The van der Waals surface area contributed by atoms with Gasteiger partial charge < -0.3 is 14.2 Å². The Kier molecular flexibility index (Phi) is 7.43. The van der Waals surface area contributed by atoms with E-state index in [4.69, 9.17) is 14.2 Å². The van der Waals surface area contributed by atoms with Gasteiger partial charge in [0.2, 0.25) is 0 Å². The second-order valence-electron chi connectivity index (χ2n) is 5.53. The van der Waals surface area contributed by atoms with Crippen LogP contribution in [0.5, 0.6) is 11.5 Å².